The summed E-state index contributed by atoms with van der Waals surface area (Å²) in [5.41, 5.74) is 2.11. The average Bonchev–Trinajstić information content (AvgIpc) is 2.72. The fourth-order valence-electron chi connectivity index (χ4n) is 3.08. The maximum absolute atomic E-state index is 9.78. The Morgan fingerprint density at radius 1 is 1.50 bits per heavy atom. The van der Waals surface area contributed by atoms with Crippen LogP contribution in [0.15, 0.2) is 18.2 Å². The van der Waals surface area contributed by atoms with E-state index in [1.54, 1.807) is 0 Å². The number of aryl methyl sites for hydroxylation is 1. The monoisotopic (exact) mass is 248 g/mol. The van der Waals surface area contributed by atoms with Gasteiger partial charge in [0.15, 0.2) is 0 Å². The van der Waals surface area contributed by atoms with Crippen molar-refractivity contribution in [1.29, 1.82) is 0 Å². The van der Waals surface area contributed by atoms with E-state index in [0.717, 1.165) is 30.8 Å². The molecule has 1 N–H and O–H groups in total. The summed E-state index contributed by atoms with van der Waals surface area (Å²) in [6.07, 6.45) is 3.39. The largest absolute Gasteiger partial charge is 0.394 e. The third kappa shape index (κ3) is 2.73. The topological polar surface area (TPSA) is 36.4 Å². The molecule has 0 amide bonds. The lowest BCUT2D eigenvalue weighted by Crippen LogP contribution is -2.47. The lowest BCUT2D eigenvalue weighted by molar-refractivity contribution is 0.0448. The van der Waals surface area contributed by atoms with Crippen LogP contribution >= 0.6 is 0 Å². The van der Waals surface area contributed by atoms with E-state index in [1.807, 2.05) is 19.1 Å². The van der Waals surface area contributed by atoms with Gasteiger partial charge < -0.3 is 5.11 Å². The summed E-state index contributed by atoms with van der Waals surface area (Å²) in [4.78, 5) is 6.84. The second-order valence-corrected chi connectivity index (χ2v) is 5.86. The van der Waals surface area contributed by atoms with E-state index in [9.17, 15) is 5.11 Å². The summed E-state index contributed by atoms with van der Waals surface area (Å²) in [5.74, 6) is 0.713. The summed E-state index contributed by atoms with van der Waals surface area (Å²) in [5, 5.41) is 9.78. The van der Waals surface area contributed by atoms with Gasteiger partial charge in [-0.25, -0.2) is 0 Å². The number of aromatic nitrogens is 1. The Bertz CT molecular complexity index is 407. The molecule has 1 aromatic heterocycles. The quantitative estimate of drug-likeness (QED) is 0.888. The van der Waals surface area contributed by atoms with Gasteiger partial charge in [0.25, 0.3) is 0 Å². The fourth-order valence-corrected chi connectivity index (χ4v) is 3.08. The molecule has 1 fully saturated rings. The van der Waals surface area contributed by atoms with Crippen LogP contribution in [-0.2, 0) is 6.54 Å². The lowest BCUT2D eigenvalue weighted by atomic mass is 9.95. The zero-order valence-corrected chi connectivity index (χ0v) is 11.7. The van der Waals surface area contributed by atoms with Gasteiger partial charge >= 0.3 is 0 Å². The van der Waals surface area contributed by atoms with Crippen LogP contribution < -0.4 is 0 Å². The van der Waals surface area contributed by atoms with Crippen molar-refractivity contribution in [3.05, 3.63) is 29.6 Å². The molecule has 2 atom stereocenters. The smallest absolute Gasteiger partial charge is 0.0615 e. The summed E-state index contributed by atoms with van der Waals surface area (Å²) in [6, 6.07) is 6.13. The Morgan fingerprint density at radius 3 is 2.83 bits per heavy atom. The molecular formula is C15H24N2O. The van der Waals surface area contributed by atoms with Gasteiger partial charge in [-0.1, -0.05) is 13.0 Å². The number of aliphatic hydroxyl groups excluding tert-OH is 1. The fraction of sp³-hybridized carbons (Fsp3) is 0.667. The summed E-state index contributed by atoms with van der Waals surface area (Å²) < 4.78 is 0. The molecule has 1 saturated carbocycles. The highest BCUT2D eigenvalue weighted by molar-refractivity contribution is 5.10. The minimum atomic E-state index is -0.0369. The van der Waals surface area contributed by atoms with Crippen molar-refractivity contribution in [2.45, 2.75) is 45.2 Å². The zero-order valence-electron chi connectivity index (χ0n) is 11.7. The Balaban J connectivity index is 2.09. The van der Waals surface area contributed by atoms with Crippen molar-refractivity contribution in [2.75, 3.05) is 13.7 Å². The van der Waals surface area contributed by atoms with Crippen LogP contribution in [0.25, 0.3) is 0 Å². The number of likely N-dealkylation sites (N-methyl/N-ethyl adjacent to an activating group) is 1. The van der Waals surface area contributed by atoms with Gasteiger partial charge in [0.05, 0.1) is 12.3 Å². The van der Waals surface area contributed by atoms with Crippen molar-refractivity contribution in [3.63, 3.8) is 0 Å². The molecule has 0 spiro atoms. The third-order valence-corrected chi connectivity index (χ3v) is 4.28. The highest BCUT2D eigenvalue weighted by Gasteiger charge is 2.40. The highest BCUT2D eigenvalue weighted by Crippen LogP contribution is 2.38. The third-order valence-electron chi connectivity index (χ3n) is 4.28. The van der Waals surface area contributed by atoms with Gasteiger partial charge in [-0.3, -0.25) is 9.88 Å². The molecule has 1 aliphatic carbocycles. The molecule has 18 heavy (non-hydrogen) atoms. The number of aliphatic hydroxyl groups is 1. The molecule has 0 saturated heterocycles. The first-order chi connectivity index (χ1) is 8.55. The van der Waals surface area contributed by atoms with Gasteiger partial charge in [-0.2, -0.15) is 0 Å². The van der Waals surface area contributed by atoms with Crippen molar-refractivity contribution in [2.24, 2.45) is 5.92 Å². The predicted octanol–water partition coefficient (Wildman–Crippen LogP) is 2.37. The van der Waals surface area contributed by atoms with Crippen molar-refractivity contribution < 1.29 is 5.11 Å². The number of rotatable bonds is 4. The number of nitrogens with zero attached hydrogens (tertiary/aromatic N) is 2. The first kappa shape index (κ1) is 13.5. The summed E-state index contributed by atoms with van der Waals surface area (Å²) in [6.45, 7) is 5.35. The second kappa shape index (κ2) is 5.37. The van der Waals surface area contributed by atoms with Gasteiger partial charge in [0, 0.05) is 17.8 Å². The summed E-state index contributed by atoms with van der Waals surface area (Å²) in [7, 11) is 2.11. The van der Waals surface area contributed by atoms with E-state index in [4.69, 9.17) is 0 Å². The van der Waals surface area contributed by atoms with Crippen molar-refractivity contribution >= 4 is 0 Å². The molecule has 0 bridgehead atoms. The standard InChI is InChI=1S/C15H24N2O/c1-12-7-8-15(9-12,11-18)17(3)10-14-6-4-5-13(2)16-14/h4-6,12,18H,7-11H2,1-3H3. The Labute approximate surface area is 110 Å². The highest BCUT2D eigenvalue weighted by atomic mass is 16.3. The SMILES string of the molecule is Cc1cccc(CN(C)C2(CO)CCC(C)C2)n1. The van der Waals surface area contributed by atoms with Gasteiger partial charge in [0.1, 0.15) is 0 Å². The van der Waals surface area contributed by atoms with Crippen LogP contribution in [0.3, 0.4) is 0 Å². The minimum Gasteiger partial charge on any atom is -0.394 e. The van der Waals surface area contributed by atoms with Crippen LogP contribution in [0.1, 0.15) is 37.6 Å². The summed E-state index contributed by atoms with van der Waals surface area (Å²) >= 11 is 0. The minimum absolute atomic E-state index is 0.0369. The molecule has 1 aromatic rings. The molecule has 0 aromatic carbocycles. The van der Waals surface area contributed by atoms with Crippen LogP contribution in [-0.4, -0.2) is 34.2 Å². The average molecular weight is 248 g/mol. The molecule has 0 radical (unpaired) electrons. The van der Waals surface area contributed by atoms with E-state index >= 15 is 0 Å². The van der Waals surface area contributed by atoms with Gasteiger partial charge in [-0.15, -0.1) is 0 Å². The lowest BCUT2D eigenvalue weighted by Gasteiger charge is -2.37. The van der Waals surface area contributed by atoms with Gasteiger partial charge in [-0.05, 0) is 51.3 Å². The molecule has 3 heteroatoms. The maximum atomic E-state index is 9.78. The van der Waals surface area contributed by atoms with E-state index in [2.05, 4.69) is 29.9 Å². The molecule has 3 nitrogen and oxygen atoms in total. The van der Waals surface area contributed by atoms with Crippen molar-refractivity contribution in [3.8, 4) is 0 Å². The molecule has 1 heterocycles. The van der Waals surface area contributed by atoms with E-state index in [0.29, 0.717) is 5.92 Å². The van der Waals surface area contributed by atoms with Crippen LogP contribution in [0.5, 0.6) is 0 Å². The normalized spacial score (nSPS) is 27.9. The maximum Gasteiger partial charge on any atom is 0.0615 e. The molecule has 1 aliphatic rings. The van der Waals surface area contributed by atoms with E-state index in [1.165, 1.54) is 6.42 Å². The van der Waals surface area contributed by atoms with Crippen molar-refractivity contribution in [1.82, 2.24) is 9.88 Å². The Morgan fingerprint density at radius 2 is 2.28 bits per heavy atom. The molecular weight excluding hydrogens is 224 g/mol. The van der Waals surface area contributed by atoms with Crippen LogP contribution in [0, 0.1) is 12.8 Å². The Hall–Kier alpha value is -0.930. The van der Waals surface area contributed by atoms with E-state index in [-0.39, 0.29) is 12.1 Å². The molecule has 2 unspecified atom stereocenters. The molecule has 2 rings (SSSR count). The van der Waals surface area contributed by atoms with Gasteiger partial charge in [0.2, 0.25) is 0 Å². The molecule has 0 aliphatic heterocycles. The predicted molar refractivity (Wildman–Crippen MR) is 73.3 cm³/mol. The first-order valence-corrected chi connectivity index (χ1v) is 6.80. The number of pyridine rings is 1. The van der Waals surface area contributed by atoms with E-state index < -0.39 is 0 Å². The van der Waals surface area contributed by atoms with Crippen LogP contribution in [0.2, 0.25) is 0 Å². The first-order valence-electron chi connectivity index (χ1n) is 6.80. The van der Waals surface area contributed by atoms with Crippen LogP contribution in [0.4, 0.5) is 0 Å². The zero-order chi connectivity index (χ0) is 13.2. The second-order valence-electron chi connectivity index (χ2n) is 5.86. The molecule has 100 valence electrons. The number of hydrogen-bond acceptors (Lipinski definition) is 3. The Kier molecular flexibility index (Phi) is 4.03. The number of hydrogen-bond donors (Lipinski definition) is 1.